The number of hydrogen-bond donors (Lipinski definition) is 4. The zero-order chi connectivity index (χ0) is 65.6. The van der Waals surface area contributed by atoms with E-state index in [4.69, 9.17) is 91.2 Å². The first kappa shape index (κ1) is 69.8. The lowest BCUT2D eigenvalue weighted by atomic mass is 10.0. The zero-order valence-corrected chi connectivity index (χ0v) is 56.8. The normalized spacial score (nSPS) is 12.1. The van der Waals surface area contributed by atoms with Crippen molar-refractivity contribution in [2.75, 3.05) is 49.2 Å². The molecule has 0 bridgehead atoms. The number of Topliss-reactive ketones (excluding diaryl/α,β-unsaturated/α-hetero) is 2. The van der Waals surface area contributed by atoms with Crippen molar-refractivity contribution in [2.45, 2.75) is 91.6 Å². The number of carbonyl (C=O) groups is 2. The first-order valence-corrected chi connectivity index (χ1v) is 33.1. The molecule has 0 radical (unpaired) electrons. The monoisotopic (exact) mass is 1380 g/mol. The number of benzene rings is 8. The number of rotatable bonds is 28. The van der Waals surface area contributed by atoms with Gasteiger partial charge >= 0.3 is 0 Å². The van der Waals surface area contributed by atoms with Gasteiger partial charge in [-0.1, -0.05) is 131 Å². The zero-order valence-electron chi connectivity index (χ0n) is 51.5. The van der Waals surface area contributed by atoms with Crippen LogP contribution in [0.3, 0.4) is 0 Å². The number of ketones is 2. The van der Waals surface area contributed by atoms with Gasteiger partial charge in [-0.05, 0) is 181 Å². The van der Waals surface area contributed by atoms with E-state index in [0.29, 0.717) is 82.2 Å². The quantitative estimate of drug-likeness (QED) is 0.0375. The molecule has 0 saturated heterocycles. The lowest BCUT2D eigenvalue weighted by Gasteiger charge is -2.23. The molecule has 0 aliphatic carbocycles. The average molecular weight is 1380 g/mol. The van der Waals surface area contributed by atoms with Crippen LogP contribution in [0.5, 0.6) is 0 Å². The fourth-order valence-electron chi connectivity index (χ4n) is 11.3. The predicted octanol–water partition coefficient (Wildman–Crippen LogP) is 18.3. The maximum absolute atomic E-state index is 14.0. The van der Waals surface area contributed by atoms with E-state index in [2.05, 4.69) is 85.9 Å². The molecule has 2 unspecified atom stereocenters. The highest BCUT2D eigenvalue weighted by Crippen LogP contribution is 2.35. The third kappa shape index (κ3) is 18.0. The van der Waals surface area contributed by atoms with Gasteiger partial charge in [0, 0.05) is 99.8 Å². The number of carbonyl (C=O) groups excluding carboxylic acids is 2. The fourth-order valence-corrected chi connectivity index (χ4v) is 12.4. The van der Waals surface area contributed by atoms with Gasteiger partial charge in [-0.15, -0.1) is 0 Å². The van der Waals surface area contributed by atoms with Gasteiger partial charge < -0.3 is 39.8 Å². The number of fused-ring (bicyclic) bond motifs is 2. The number of aromatic nitrogens is 4. The summed E-state index contributed by atoms with van der Waals surface area (Å²) < 4.78 is 18.3. The lowest BCUT2D eigenvalue weighted by Crippen LogP contribution is -2.27. The minimum Gasteiger partial charge on any atom is -0.395 e. The number of imidazole rings is 2. The van der Waals surface area contributed by atoms with Crippen molar-refractivity contribution in [1.29, 1.82) is 0 Å². The summed E-state index contributed by atoms with van der Waals surface area (Å²) in [6.45, 7) is 12.4. The van der Waals surface area contributed by atoms with Crippen LogP contribution < -0.4 is 20.4 Å². The van der Waals surface area contributed by atoms with Crippen molar-refractivity contribution in [3.63, 3.8) is 0 Å². The van der Waals surface area contributed by atoms with Crippen LogP contribution in [0.15, 0.2) is 158 Å². The maximum Gasteiger partial charge on any atom is 0.141 e. The Hall–Kier alpha value is -6.56. The molecule has 20 heteroatoms. The van der Waals surface area contributed by atoms with Gasteiger partial charge in [0.1, 0.15) is 29.0 Å². The molecule has 0 aliphatic rings. The van der Waals surface area contributed by atoms with E-state index >= 15 is 0 Å². The second-order valence-electron chi connectivity index (χ2n) is 22.7. The van der Waals surface area contributed by atoms with Crippen LogP contribution in [0.1, 0.15) is 98.8 Å². The number of aliphatic hydroxyl groups excluding tert-OH is 2. The van der Waals surface area contributed by atoms with E-state index in [1.165, 1.54) is 6.07 Å². The maximum atomic E-state index is 14.0. The molecule has 12 nitrogen and oxygen atoms in total. The highest BCUT2D eigenvalue weighted by molar-refractivity contribution is 6.43. The first-order valence-electron chi connectivity index (χ1n) is 30.5. The van der Waals surface area contributed by atoms with Crippen molar-refractivity contribution >= 4 is 126 Å². The van der Waals surface area contributed by atoms with E-state index in [-0.39, 0.29) is 41.9 Å². The van der Waals surface area contributed by atoms with Gasteiger partial charge in [-0.3, -0.25) is 9.59 Å². The molecule has 10 rings (SSSR count). The molecule has 2 aromatic heterocycles. The number of nitrogens with zero attached hydrogens (tertiary/aromatic N) is 6. The highest BCUT2D eigenvalue weighted by Gasteiger charge is 2.22. The van der Waals surface area contributed by atoms with Crippen molar-refractivity contribution in [1.82, 2.24) is 29.7 Å². The Labute approximate surface area is 571 Å². The number of hydrogen-bond acceptors (Lipinski definition) is 10. The number of aliphatic hydroxyl groups is 2. The molecule has 2 atom stereocenters. The van der Waals surface area contributed by atoms with Crippen molar-refractivity contribution in [3.05, 3.63) is 232 Å². The van der Waals surface area contributed by atoms with Gasteiger partial charge in [-0.2, -0.15) is 0 Å². The van der Waals surface area contributed by atoms with Crippen molar-refractivity contribution in [3.8, 4) is 22.8 Å². The molecule has 0 aliphatic heterocycles. The van der Waals surface area contributed by atoms with Gasteiger partial charge in [0.15, 0.2) is 0 Å². The molecule has 0 spiro atoms. The van der Waals surface area contributed by atoms with Gasteiger partial charge in [-0.25, -0.2) is 14.4 Å². The summed E-state index contributed by atoms with van der Waals surface area (Å²) in [5, 5.41) is 29.2. The second-order valence-corrected chi connectivity index (χ2v) is 25.6. The van der Waals surface area contributed by atoms with Crippen LogP contribution in [-0.4, -0.2) is 80.3 Å². The molecule has 2 heterocycles. The van der Waals surface area contributed by atoms with E-state index < -0.39 is 5.82 Å². The number of halogens is 8. The fraction of sp³-hybridized carbons (Fsp3) is 0.278. The topological polar surface area (TPSA) is 141 Å². The Kier molecular flexibility index (Phi) is 25.0. The minimum atomic E-state index is -0.467. The Morgan fingerprint density at radius 2 is 0.837 bits per heavy atom. The van der Waals surface area contributed by atoms with Crippen molar-refractivity contribution < 1.29 is 24.2 Å². The Balaban J connectivity index is 0.000000217. The smallest absolute Gasteiger partial charge is 0.141 e. The number of nitrogens with one attached hydrogen (secondary N) is 2. The summed E-state index contributed by atoms with van der Waals surface area (Å²) in [5.41, 5.74) is 13.0. The summed E-state index contributed by atoms with van der Waals surface area (Å²) in [7, 11) is 0. The van der Waals surface area contributed by atoms with Crippen LogP contribution in [-0.2, 0) is 35.8 Å². The van der Waals surface area contributed by atoms with Gasteiger partial charge in [0.25, 0.3) is 0 Å². The molecule has 480 valence electrons. The molecule has 0 saturated carbocycles. The molecule has 8 aromatic carbocycles. The standard InChI is InChI=1S/C36H36Cl4N4O2.C36H36Cl3FN4O2/c1-3-14-43(15-16-45)28-9-6-26(7-10-28)36-42-34-20-27(8-13-35(34)44(36)22-25-5-12-30(38)32(40)19-25)33(17-23(2)46)41-21-24-4-11-29(37)31(39)18-24;1-3-14-43(15-16-45)28-9-6-26(7-10-28)36-42-34-20-27(8-13-35(34)44(36)22-25-5-12-32(40)31(39)19-25)33(17-23(2)46)41-21-24-4-11-29(37)30(38)18-24/h2*4-13,18-20,33,41,45H,3,14-17,21-22H2,1-2H3. The van der Waals surface area contributed by atoms with Crippen molar-refractivity contribution in [2.24, 2.45) is 0 Å². The van der Waals surface area contributed by atoms with Crippen LogP contribution in [0.2, 0.25) is 35.2 Å². The molecule has 4 N–H and O–H groups in total. The average Bonchev–Trinajstić information content (AvgIpc) is 1.68. The lowest BCUT2D eigenvalue weighted by molar-refractivity contribution is -0.118. The Morgan fingerprint density at radius 3 is 1.20 bits per heavy atom. The van der Waals surface area contributed by atoms with Crippen LogP contribution in [0.25, 0.3) is 44.8 Å². The van der Waals surface area contributed by atoms with Crippen LogP contribution >= 0.6 is 81.2 Å². The molecule has 92 heavy (non-hydrogen) atoms. The summed E-state index contributed by atoms with van der Waals surface area (Å²) in [5.74, 6) is 1.22. The largest absolute Gasteiger partial charge is 0.395 e. The summed E-state index contributed by atoms with van der Waals surface area (Å²) in [4.78, 5) is 39.2. The molecule has 0 fully saturated rings. The Morgan fingerprint density at radius 1 is 0.467 bits per heavy atom. The van der Waals surface area contributed by atoms with Gasteiger partial charge in [0.2, 0.25) is 0 Å². The molecular weight excluding hydrogens is 1310 g/mol. The first-order chi connectivity index (χ1) is 44.3. The Bertz CT molecular complexity index is 3910. The summed E-state index contributed by atoms with van der Waals surface area (Å²) in [6.07, 6.45) is 2.58. The number of anilines is 2. The molecular formula is C72H72Cl7FN8O4. The summed E-state index contributed by atoms with van der Waals surface area (Å²) in [6, 6.07) is 49.5. The molecule has 0 amide bonds. The predicted molar refractivity (Wildman–Crippen MR) is 378 cm³/mol. The van der Waals surface area contributed by atoms with Gasteiger partial charge in [0.05, 0.1) is 70.4 Å². The van der Waals surface area contributed by atoms with E-state index in [9.17, 15) is 24.2 Å². The summed E-state index contributed by atoms with van der Waals surface area (Å²) >= 11 is 43.4. The third-order valence-corrected chi connectivity index (χ3v) is 18.3. The third-order valence-electron chi connectivity index (χ3n) is 15.8. The van der Waals surface area contributed by atoms with E-state index in [0.717, 1.165) is 116 Å². The second kappa shape index (κ2) is 33.0. The highest BCUT2D eigenvalue weighted by atomic mass is 35.5. The van der Waals surface area contributed by atoms with Crippen LogP contribution in [0.4, 0.5) is 15.8 Å². The van der Waals surface area contributed by atoms with E-state index in [1.54, 1.807) is 44.2 Å². The molecule has 10 aromatic rings. The minimum absolute atomic E-state index is 0.0598. The van der Waals surface area contributed by atoms with Crippen LogP contribution in [0, 0.1) is 5.82 Å². The van der Waals surface area contributed by atoms with E-state index in [1.807, 2.05) is 78.9 Å². The SMILES string of the molecule is CCCN(CCO)c1ccc(-c2nc3cc(C(CC(C)=O)NCc4ccc(Cl)c(Cl)c4)ccc3n2Cc2ccc(Cl)c(Cl)c2)cc1.CCCN(CCO)c1ccc(-c2nc3cc(C(CC(C)=O)NCc4ccc(Cl)c(Cl)c4)ccc3n2Cc2ccc(F)c(Cl)c2)cc1.